The molecule has 214 valence electrons. The van der Waals surface area contributed by atoms with E-state index in [1.165, 1.54) is 47.1 Å². The van der Waals surface area contributed by atoms with E-state index in [0.29, 0.717) is 17.1 Å². The molecule has 0 spiro atoms. The van der Waals surface area contributed by atoms with Gasteiger partial charge in [-0.3, -0.25) is 19.3 Å². The Morgan fingerprint density at radius 2 is 2.08 bits per heavy atom. The first-order valence-electron chi connectivity index (χ1n) is 11.6. The second-order valence-electron chi connectivity index (χ2n) is 9.26. The molecule has 2 aliphatic heterocycles. The van der Waals surface area contributed by atoms with Crippen LogP contribution in [0.5, 0.6) is 0 Å². The van der Waals surface area contributed by atoms with Crippen molar-refractivity contribution in [1.82, 2.24) is 24.8 Å². The van der Waals surface area contributed by atoms with Crippen LogP contribution in [0.4, 0.5) is 5.13 Å². The number of nitrogens with two attached hydrogens (primary N) is 1. The van der Waals surface area contributed by atoms with Gasteiger partial charge in [-0.25, -0.2) is 9.78 Å². The van der Waals surface area contributed by atoms with E-state index in [1.54, 1.807) is 32.3 Å². The molecule has 2 amide bonds. The zero-order valence-corrected chi connectivity index (χ0v) is 25.0. The number of fused-ring (bicyclic) bond motifs is 1. The van der Waals surface area contributed by atoms with E-state index in [9.17, 15) is 19.2 Å². The molecule has 2 aliphatic rings. The molecule has 0 saturated carbocycles. The van der Waals surface area contributed by atoms with Gasteiger partial charge in [-0.05, 0) is 37.9 Å². The molecule has 1 fully saturated rings. The predicted octanol–water partition coefficient (Wildman–Crippen LogP) is 1.46. The minimum atomic E-state index is -0.947. The number of hydrogen-bond donors (Lipinski definition) is 2. The molecule has 2 aromatic heterocycles. The molecule has 0 radical (unpaired) electrons. The van der Waals surface area contributed by atoms with Crippen molar-refractivity contribution in [3.05, 3.63) is 28.5 Å². The quantitative estimate of drug-likeness (QED) is 0.0963. The predicted molar refractivity (Wildman–Crippen MR) is 149 cm³/mol. The lowest BCUT2D eigenvalue weighted by Crippen LogP contribution is -2.71. The van der Waals surface area contributed by atoms with Crippen LogP contribution in [-0.4, -0.2) is 85.8 Å². The number of oxime groups is 1. The van der Waals surface area contributed by atoms with Crippen molar-refractivity contribution in [3.63, 3.8) is 0 Å². The number of β-lactam (4-membered cyclic amide) rings is 1. The fraction of sp³-hybridized carbons (Fsp3) is 0.455. The maximum atomic E-state index is 13.3. The van der Waals surface area contributed by atoms with E-state index in [4.69, 9.17) is 20.0 Å². The molecule has 0 aromatic carbocycles. The molecule has 3 N–H and O–H groups in total. The molecule has 0 unspecified atom stereocenters. The third-order valence-electron chi connectivity index (χ3n) is 5.41. The lowest BCUT2D eigenvalue weighted by atomic mass is 9.98. The summed E-state index contributed by atoms with van der Waals surface area (Å²) in [6.07, 6.45) is 1.61. The van der Waals surface area contributed by atoms with Crippen LogP contribution in [0.15, 0.2) is 32.2 Å². The number of aromatic nitrogens is 3. The summed E-state index contributed by atoms with van der Waals surface area (Å²) in [6, 6.07) is -0.947. The Morgan fingerprint density at radius 1 is 1.30 bits per heavy atom. The number of thiazole rings is 1. The number of hydrogen-bond acceptors (Lipinski definition) is 16. The Morgan fingerprint density at radius 3 is 2.70 bits per heavy atom. The van der Waals surface area contributed by atoms with Crippen LogP contribution in [0.25, 0.3) is 0 Å². The third kappa shape index (κ3) is 6.56. The summed E-state index contributed by atoms with van der Waals surface area (Å²) in [5.41, 5.74) is 5.65. The van der Waals surface area contributed by atoms with Crippen molar-refractivity contribution in [1.29, 1.82) is 0 Å². The maximum absolute atomic E-state index is 13.3. The summed E-state index contributed by atoms with van der Waals surface area (Å²) in [4.78, 5) is 61.7. The summed E-state index contributed by atoms with van der Waals surface area (Å²) in [6.45, 7) is 4.41. The molecule has 0 bridgehead atoms. The molecule has 2 aromatic rings. The van der Waals surface area contributed by atoms with Gasteiger partial charge in [-0.15, -0.1) is 40.0 Å². The number of nitrogen functional groups attached to an aromatic ring is 1. The van der Waals surface area contributed by atoms with E-state index >= 15 is 0 Å². The van der Waals surface area contributed by atoms with Crippen LogP contribution in [-0.2, 0) is 33.5 Å². The van der Waals surface area contributed by atoms with E-state index in [2.05, 4.69) is 25.0 Å². The van der Waals surface area contributed by atoms with Crippen LogP contribution in [0.1, 0.15) is 26.5 Å². The van der Waals surface area contributed by atoms with Gasteiger partial charge in [0, 0.05) is 16.9 Å². The van der Waals surface area contributed by atoms with Crippen LogP contribution < -0.4 is 11.1 Å². The third-order valence-corrected chi connectivity index (χ3v) is 9.35. The highest BCUT2D eigenvalue weighted by Crippen LogP contribution is 2.42. The highest BCUT2D eigenvalue weighted by molar-refractivity contribution is 8.01. The van der Waals surface area contributed by atoms with E-state index in [1.807, 2.05) is 0 Å². The first kappa shape index (κ1) is 29.8. The molecule has 0 aliphatic carbocycles. The number of esters is 2. The fourth-order valence-electron chi connectivity index (χ4n) is 3.49. The Kier molecular flexibility index (Phi) is 9.32. The minimum Gasteiger partial charge on any atom is -0.427 e. The average Bonchev–Trinajstić information content (AvgIpc) is 3.59. The summed E-state index contributed by atoms with van der Waals surface area (Å²) >= 11 is 5.13. The molecule has 2 atom stereocenters. The topological polar surface area (TPSA) is 188 Å². The molecular weight excluding hydrogens is 603 g/mol. The second-order valence-corrected chi connectivity index (χ2v) is 13.3. The highest BCUT2D eigenvalue weighted by Gasteiger charge is 2.54. The van der Waals surface area contributed by atoms with Gasteiger partial charge in [0.15, 0.2) is 10.8 Å². The van der Waals surface area contributed by atoms with Gasteiger partial charge >= 0.3 is 11.9 Å². The standard InChI is InChI=1S/C22H25N7O7S4/c1-22(2,3)20(33)36-9-35-19(32)15-10(6-37-12-5-24-28-40-12)7-38-18-14(17(31)29(15)18)26-16(30)13(27-34-4)11-8-39-21(23)25-11/h5,8,14,18H,6-7,9H2,1-4H3,(H2,23,25)(H,26,30)/b27-13-/t14-,18+/m1/s1. The van der Waals surface area contributed by atoms with Gasteiger partial charge in [-0.1, -0.05) is 9.64 Å². The summed E-state index contributed by atoms with van der Waals surface area (Å²) in [5, 5.41) is 11.4. The summed E-state index contributed by atoms with van der Waals surface area (Å²) in [7, 11) is 1.28. The highest BCUT2D eigenvalue weighted by atomic mass is 32.2. The fourth-order valence-corrected chi connectivity index (χ4v) is 6.94. The van der Waals surface area contributed by atoms with Gasteiger partial charge in [0.2, 0.25) is 6.79 Å². The number of carbonyl (C=O) groups excluding carboxylic acids is 4. The molecule has 40 heavy (non-hydrogen) atoms. The largest absolute Gasteiger partial charge is 0.427 e. The van der Waals surface area contributed by atoms with Crippen LogP contribution >= 0.6 is 46.4 Å². The zero-order valence-electron chi connectivity index (χ0n) is 21.7. The number of amides is 2. The number of carbonyl (C=O) groups is 4. The first-order chi connectivity index (χ1) is 19.0. The van der Waals surface area contributed by atoms with Crippen LogP contribution in [0.3, 0.4) is 0 Å². The SMILES string of the molecule is CO/N=C(\C(=O)N[C@@H]1C(=O)N2C(C(=O)OCOC(=O)C(C)(C)C)=C(CSc3cnns3)CS[C@@H]12)c1csc(N)n1. The van der Waals surface area contributed by atoms with Crippen LogP contribution in [0.2, 0.25) is 0 Å². The second kappa shape index (κ2) is 12.5. The minimum absolute atomic E-state index is 0.0501. The Labute approximate surface area is 245 Å². The molecule has 4 heterocycles. The van der Waals surface area contributed by atoms with Crippen LogP contribution in [0, 0.1) is 5.41 Å². The molecule has 4 rings (SSSR count). The normalized spacial score (nSPS) is 19.1. The molecule has 18 heteroatoms. The lowest BCUT2D eigenvalue weighted by molar-refractivity contribution is -0.173. The number of rotatable bonds is 10. The smallest absolute Gasteiger partial charge is 0.357 e. The van der Waals surface area contributed by atoms with Crippen molar-refractivity contribution < 1.29 is 33.5 Å². The molecular formula is C22H25N7O7S4. The molecule has 1 saturated heterocycles. The van der Waals surface area contributed by atoms with Crippen molar-refractivity contribution in [3.8, 4) is 0 Å². The number of ether oxygens (including phenoxy) is 2. The van der Waals surface area contributed by atoms with Crippen molar-refractivity contribution in [2.24, 2.45) is 10.6 Å². The molecule has 14 nitrogen and oxygen atoms in total. The number of thioether (sulfide) groups is 2. The van der Waals surface area contributed by atoms with Gasteiger partial charge < -0.3 is 25.4 Å². The van der Waals surface area contributed by atoms with Gasteiger partial charge in [0.1, 0.15) is 34.1 Å². The number of nitrogens with zero attached hydrogens (tertiary/aromatic N) is 5. The first-order valence-corrected chi connectivity index (χ1v) is 15.2. The zero-order chi connectivity index (χ0) is 29.0. The lowest BCUT2D eigenvalue weighted by Gasteiger charge is -2.49. The van der Waals surface area contributed by atoms with Gasteiger partial charge in [0.25, 0.3) is 11.8 Å². The number of nitrogens with one attached hydrogen (secondary N) is 1. The Balaban J connectivity index is 1.50. The monoisotopic (exact) mass is 627 g/mol. The van der Waals surface area contributed by atoms with E-state index < -0.39 is 47.4 Å². The van der Waals surface area contributed by atoms with Crippen molar-refractivity contribution in [2.75, 3.05) is 31.1 Å². The van der Waals surface area contributed by atoms with Gasteiger partial charge in [-0.2, -0.15) is 0 Å². The number of anilines is 1. The van der Waals surface area contributed by atoms with Crippen molar-refractivity contribution >= 4 is 81.0 Å². The van der Waals surface area contributed by atoms with E-state index in [0.717, 1.165) is 15.5 Å². The average molecular weight is 628 g/mol. The van der Waals surface area contributed by atoms with E-state index in [-0.39, 0.29) is 22.2 Å². The van der Waals surface area contributed by atoms with Gasteiger partial charge in [0.05, 0.1) is 11.6 Å². The Bertz CT molecular complexity index is 1350. The maximum Gasteiger partial charge on any atom is 0.357 e. The summed E-state index contributed by atoms with van der Waals surface area (Å²) < 4.78 is 15.0. The Hall–Kier alpha value is -3.22. The summed E-state index contributed by atoms with van der Waals surface area (Å²) in [5.74, 6) is -1.81. The van der Waals surface area contributed by atoms with Crippen molar-refractivity contribution in [2.45, 2.75) is 36.4 Å².